The van der Waals surface area contributed by atoms with E-state index in [4.69, 9.17) is 4.74 Å². The first-order valence-electron chi connectivity index (χ1n) is 8.12. The third kappa shape index (κ3) is 4.68. The van der Waals surface area contributed by atoms with Gasteiger partial charge in [-0.25, -0.2) is 4.98 Å². The van der Waals surface area contributed by atoms with E-state index in [0.29, 0.717) is 5.69 Å². The van der Waals surface area contributed by atoms with Gasteiger partial charge >= 0.3 is 5.69 Å². The number of rotatable bonds is 6. The lowest BCUT2D eigenvalue weighted by molar-refractivity contribution is -0.385. The Morgan fingerprint density at radius 3 is 2.78 bits per heavy atom. The van der Waals surface area contributed by atoms with Crippen molar-refractivity contribution in [3.63, 3.8) is 0 Å². The molecule has 0 spiro atoms. The number of amides is 1. The monoisotopic (exact) mass is 383 g/mol. The molecule has 1 N–H and O–H groups in total. The fraction of sp³-hybridized carbons (Fsp3) is 0.158. The fourth-order valence-electron chi connectivity index (χ4n) is 2.48. The number of nitrogens with one attached hydrogen (secondary N) is 1. The maximum absolute atomic E-state index is 12.2. The van der Waals surface area contributed by atoms with Crippen LogP contribution in [-0.4, -0.2) is 22.4 Å². The Hall–Kier alpha value is -3.26. The van der Waals surface area contributed by atoms with Gasteiger partial charge in [0.1, 0.15) is 0 Å². The number of aryl methyl sites for hydroxylation is 2. The second kappa shape index (κ2) is 7.96. The van der Waals surface area contributed by atoms with Gasteiger partial charge < -0.3 is 10.1 Å². The molecule has 8 heteroatoms. The quantitative estimate of drug-likeness (QED) is 0.504. The van der Waals surface area contributed by atoms with E-state index in [0.717, 1.165) is 21.8 Å². The van der Waals surface area contributed by atoms with Gasteiger partial charge in [-0.05, 0) is 37.6 Å². The largest absolute Gasteiger partial charge is 0.477 e. The molecule has 0 atom stereocenters. The van der Waals surface area contributed by atoms with Gasteiger partial charge in [0.05, 0.1) is 15.6 Å². The van der Waals surface area contributed by atoms with Crippen LogP contribution in [0.1, 0.15) is 10.6 Å². The number of carbonyl (C=O) groups excluding carboxylic acids is 1. The Labute approximate surface area is 159 Å². The van der Waals surface area contributed by atoms with Crippen molar-refractivity contribution in [2.45, 2.75) is 13.8 Å². The van der Waals surface area contributed by atoms with E-state index >= 15 is 0 Å². The molecule has 138 valence electrons. The van der Waals surface area contributed by atoms with E-state index in [9.17, 15) is 14.9 Å². The van der Waals surface area contributed by atoms with Gasteiger partial charge in [0.15, 0.2) is 12.4 Å². The Kier molecular flexibility index (Phi) is 5.46. The molecule has 0 aliphatic rings. The van der Waals surface area contributed by atoms with Crippen molar-refractivity contribution in [3.05, 3.63) is 68.5 Å². The molecular weight excluding hydrogens is 366 g/mol. The fourth-order valence-corrected chi connectivity index (χ4v) is 3.11. The molecule has 0 bridgehead atoms. The first kappa shape index (κ1) is 18.5. The molecule has 1 aromatic heterocycles. The highest BCUT2D eigenvalue weighted by molar-refractivity contribution is 7.09. The van der Waals surface area contributed by atoms with E-state index < -0.39 is 10.8 Å². The molecule has 7 nitrogen and oxygen atoms in total. The van der Waals surface area contributed by atoms with Gasteiger partial charge in [-0.15, -0.1) is 11.3 Å². The molecule has 0 aliphatic carbocycles. The zero-order valence-electron chi connectivity index (χ0n) is 14.8. The van der Waals surface area contributed by atoms with Crippen molar-refractivity contribution in [2.75, 3.05) is 11.9 Å². The van der Waals surface area contributed by atoms with E-state index in [-0.39, 0.29) is 18.0 Å². The minimum absolute atomic E-state index is 0.0625. The van der Waals surface area contributed by atoms with Crippen molar-refractivity contribution in [2.24, 2.45) is 0 Å². The summed E-state index contributed by atoms with van der Waals surface area (Å²) in [6, 6.07) is 11.9. The first-order valence-corrected chi connectivity index (χ1v) is 9.00. The third-order valence-corrected chi connectivity index (χ3v) is 4.50. The summed E-state index contributed by atoms with van der Waals surface area (Å²) in [5, 5.41) is 16.8. The Bertz CT molecular complexity index is 1000. The lowest BCUT2D eigenvalue weighted by Gasteiger charge is -2.09. The van der Waals surface area contributed by atoms with E-state index in [1.807, 2.05) is 30.5 Å². The lowest BCUT2D eigenvalue weighted by atomic mass is 10.1. The van der Waals surface area contributed by atoms with Crippen molar-refractivity contribution >= 4 is 28.6 Å². The Balaban J connectivity index is 1.66. The molecule has 0 saturated carbocycles. The van der Waals surface area contributed by atoms with Crippen LogP contribution in [0.2, 0.25) is 0 Å². The number of nitrogens with zero attached hydrogens (tertiary/aromatic N) is 2. The Morgan fingerprint density at radius 2 is 2.07 bits per heavy atom. The smallest absolute Gasteiger partial charge is 0.311 e. The van der Waals surface area contributed by atoms with Crippen molar-refractivity contribution in [3.8, 4) is 17.0 Å². The predicted octanol–water partition coefficient (Wildman–Crippen LogP) is 4.35. The molecule has 3 rings (SSSR count). The standard InChI is InChI=1S/C19H17N3O4S/c1-12-6-7-18(17(8-12)22(24)25)26-10-19(23)21-15-5-3-4-14(9-15)16-11-27-13(2)20-16/h3-9,11H,10H2,1-2H3,(H,21,23). The summed E-state index contributed by atoms with van der Waals surface area (Å²) in [5.41, 5.74) is 2.92. The molecule has 0 fully saturated rings. The van der Waals surface area contributed by atoms with Crippen LogP contribution in [0.25, 0.3) is 11.3 Å². The van der Waals surface area contributed by atoms with Crippen LogP contribution >= 0.6 is 11.3 Å². The number of hydrogen-bond donors (Lipinski definition) is 1. The first-order chi connectivity index (χ1) is 12.9. The van der Waals surface area contributed by atoms with Crippen LogP contribution in [0.4, 0.5) is 11.4 Å². The molecule has 27 heavy (non-hydrogen) atoms. The van der Waals surface area contributed by atoms with Crippen LogP contribution < -0.4 is 10.1 Å². The van der Waals surface area contributed by atoms with Crippen molar-refractivity contribution < 1.29 is 14.5 Å². The lowest BCUT2D eigenvalue weighted by Crippen LogP contribution is -2.20. The van der Waals surface area contributed by atoms with Gasteiger partial charge in [-0.1, -0.05) is 18.2 Å². The summed E-state index contributed by atoms with van der Waals surface area (Å²) in [6.07, 6.45) is 0. The topological polar surface area (TPSA) is 94.4 Å². The minimum atomic E-state index is -0.528. The highest BCUT2D eigenvalue weighted by Gasteiger charge is 2.16. The number of carbonyl (C=O) groups is 1. The molecule has 0 radical (unpaired) electrons. The van der Waals surface area contributed by atoms with Crippen molar-refractivity contribution in [1.82, 2.24) is 4.98 Å². The highest BCUT2D eigenvalue weighted by atomic mass is 32.1. The molecule has 2 aromatic carbocycles. The van der Waals surface area contributed by atoms with E-state index in [1.165, 1.54) is 12.1 Å². The average Bonchev–Trinajstić information content (AvgIpc) is 3.07. The van der Waals surface area contributed by atoms with Crippen LogP contribution in [0.15, 0.2) is 47.8 Å². The molecule has 0 aliphatic heterocycles. The second-order valence-corrected chi connectivity index (χ2v) is 6.96. The zero-order chi connectivity index (χ0) is 19.4. The normalized spacial score (nSPS) is 10.4. The maximum Gasteiger partial charge on any atom is 0.311 e. The molecule has 0 unspecified atom stereocenters. The number of hydrogen-bond acceptors (Lipinski definition) is 6. The SMILES string of the molecule is Cc1ccc(OCC(=O)Nc2cccc(-c3csc(C)n3)c2)c([N+](=O)[O-])c1. The number of nitro benzene ring substituents is 1. The van der Waals surface area contributed by atoms with Crippen LogP contribution in [-0.2, 0) is 4.79 Å². The zero-order valence-corrected chi connectivity index (χ0v) is 15.6. The van der Waals surface area contributed by atoms with Crippen LogP contribution in [0.5, 0.6) is 5.75 Å². The minimum Gasteiger partial charge on any atom is -0.477 e. The summed E-state index contributed by atoms with van der Waals surface area (Å²) in [4.78, 5) is 27.2. The van der Waals surface area contributed by atoms with Crippen LogP contribution in [0, 0.1) is 24.0 Å². The van der Waals surface area contributed by atoms with Crippen LogP contribution in [0.3, 0.4) is 0 Å². The van der Waals surface area contributed by atoms with Gasteiger partial charge in [0.25, 0.3) is 5.91 Å². The molecular formula is C19H17N3O4S. The van der Waals surface area contributed by atoms with E-state index in [2.05, 4.69) is 10.3 Å². The number of nitro groups is 1. The summed E-state index contributed by atoms with van der Waals surface area (Å²) in [6.45, 7) is 3.35. The molecule has 0 saturated heterocycles. The number of anilines is 1. The average molecular weight is 383 g/mol. The molecule has 3 aromatic rings. The summed E-state index contributed by atoms with van der Waals surface area (Å²) in [7, 11) is 0. The second-order valence-electron chi connectivity index (χ2n) is 5.90. The van der Waals surface area contributed by atoms with Crippen molar-refractivity contribution in [1.29, 1.82) is 0 Å². The van der Waals surface area contributed by atoms with E-state index in [1.54, 1.807) is 30.4 Å². The van der Waals surface area contributed by atoms with Gasteiger partial charge in [0.2, 0.25) is 0 Å². The highest BCUT2D eigenvalue weighted by Crippen LogP contribution is 2.28. The summed E-state index contributed by atoms with van der Waals surface area (Å²) < 4.78 is 5.34. The predicted molar refractivity (Wildman–Crippen MR) is 104 cm³/mol. The van der Waals surface area contributed by atoms with Gasteiger partial charge in [-0.3, -0.25) is 14.9 Å². The van der Waals surface area contributed by atoms with Gasteiger partial charge in [-0.2, -0.15) is 0 Å². The molecule has 1 heterocycles. The third-order valence-electron chi connectivity index (χ3n) is 3.73. The maximum atomic E-state index is 12.2. The number of ether oxygens (including phenoxy) is 1. The number of aromatic nitrogens is 1. The summed E-state index contributed by atoms with van der Waals surface area (Å²) in [5.74, 6) is -0.344. The summed E-state index contributed by atoms with van der Waals surface area (Å²) >= 11 is 1.56. The number of benzene rings is 2. The van der Waals surface area contributed by atoms with Gasteiger partial charge in [0, 0.05) is 22.7 Å². The Morgan fingerprint density at radius 1 is 1.26 bits per heavy atom. The number of thiazole rings is 1. The molecule has 1 amide bonds.